The van der Waals surface area contributed by atoms with Crippen LogP contribution in [0.1, 0.15) is 18.4 Å². The fraction of sp³-hybridized carbons (Fsp3) is 0.381. The van der Waals surface area contributed by atoms with Gasteiger partial charge in [-0.15, -0.1) is 0 Å². The molecule has 3 rings (SSSR count). The third-order valence-corrected chi connectivity index (χ3v) is 6.89. The van der Waals surface area contributed by atoms with Crippen molar-refractivity contribution in [2.24, 2.45) is 5.92 Å². The number of carbonyl (C=O) groups is 1. The zero-order valence-electron chi connectivity index (χ0n) is 16.0. The molecule has 1 amide bonds. The van der Waals surface area contributed by atoms with E-state index in [1.165, 1.54) is 23.5 Å². The van der Waals surface area contributed by atoms with Gasteiger partial charge in [-0.25, -0.2) is 8.42 Å². The number of nitrogens with one attached hydrogen (secondary N) is 1. The Bertz CT molecular complexity index is 882. The average molecular weight is 403 g/mol. The van der Waals surface area contributed by atoms with E-state index in [1.54, 1.807) is 12.1 Å². The molecule has 1 aliphatic rings. The van der Waals surface area contributed by atoms with Crippen LogP contribution in [0.2, 0.25) is 0 Å². The largest absolute Gasteiger partial charge is 0.497 e. The lowest BCUT2D eigenvalue weighted by atomic mass is 9.99. The van der Waals surface area contributed by atoms with Gasteiger partial charge in [0.15, 0.2) is 0 Å². The summed E-state index contributed by atoms with van der Waals surface area (Å²) in [7, 11) is -2.08. The Hall–Kier alpha value is -2.38. The van der Waals surface area contributed by atoms with Crippen molar-refractivity contribution in [2.45, 2.75) is 24.2 Å². The van der Waals surface area contributed by atoms with Gasteiger partial charge in [0, 0.05) is 19.6 Å². The Labute approximate surface area is 166 Å². The van der Waals surface area contributed by atoms with Gasteiger partial charge in [-0.2, -0.15) is 4.31 Å². The summed E-state index contributed by atoms with van der Waals surface area (Å²) in [4.78, 5) is 12.8. The first kappa shape index (κ1) is 20.4. The van der Waals surface area contributed by atoms with Crippen LogP contribution in [-0.2, 0) is 21.2 Å². The van der Waals surface area contributed by atoms with Crippen LogP contribution >= 0.6 is 0 Å². The summed E-state index contributed by atoms with van der Waals surface area (Å²) in [6.07, 6.45) is 2.13. The van der Waals surface area contributed by atoms with E-state index in [4.69, 9.17) is 4.74 Å². The first-order valence-corrected chi connectivity index (χ1v) is 10.9. The van der Waals surface area contributed by atoms with Crippen molar-refractivity contribution in [2.75, 3.05) is 26.7 Å². The third kappa shape index (κ3) is 4.91. The highest BCUT2D eigenvalue weighted by atomic mass is 32.2. The predicted octanol–water partition coefficient (Wildman–Crippen LogP) is 2.45. The number of ether oxygens (including phenoxy) is 1. The minimum absolute atomic E-state index is 0.0782. The third-order valence-electron chi connectivity index (χ3n) is 5.01. The number of carbonyl (C=O) groups excluding carboxylic acids is 1. The molecular weight excluding hydrogens is 376 g/mol. The van der Waals surface area contributed by atoms with E-state index < -0.39 is 10.0 Å². The summed E-state index contributed by atoms with van der Waals surface area (Å²) in [5, 5.41) is 2.95. The van der Waals surface area contributed by atoms with E-state index in [0.717, 1.165) is 12.0 Å². The van der Waals surface area contributed by atoms with Crippen LogP contribution in [0.3, 0.4) is 0 Å². The lowest BCUT2D eigenvalue weighted by Gasteiger charge is -2.31. The number of rotatable bonds is 7. The molecule has 1 saturated heterocycles. The number of methoxy groups -OCH3 is 1. The number of nitrogens with zero attached hydrogens (tertiary/aromatic N) is 1. The topological polar surface area (TPSA) is 75.7 Å². The lowest BCUT2D eigenvalue weighted by molar-refractivity contribution is -0.126. The van der Waals surface area contributed by atoms with Gasteiger partial charge in [-0.3, -0.25) is 4.79 Å². The van der Waals surface area contributed by atoms with E-state index in [1.807, 2.05) is 30.3 Å². The summed E-state index contributed by atoms with van der Waals surface area (Å²) in [6.45, 7) is 1.19. The zero-order valence-corrected chi connectivity index (χ0v) is 16.8. The summed E-state index contributed by atoms with van der Waals surface area (Å²) < 4.78 is 32.3. The first-order chi connectivity index (χ1) is 13.5. The van der Waals surface area contributed by atoms with Crippen molar-refractivity contribution in [3.63, 3.8) is 0 Å². The molecule has 150 valence electrons. The van der Waals surface area contributed by atoms with Gasteiger partial charge in [-0.05, 0) is 49.1 Å². The average Bonchev–Trinajstić information content (AvgIpc) is 2.74. The molecule has 0 unspecified atom stereocenters. The van der Waals surface area contributed by atoms with Crippen molar-refractivity contribution >= 4 is 15.9 Å². The van der Waals surface area contributed by atoms with E-state index in [2.05, 4.69) is 5.32 Å². The Morgan fingerprint density at radius 3 is 2.54 bits per heavy atom. The molecule has 0 aromatic heterocycles. The van der Waals surface area contributed by atoms with Gasteiger partial charge < -0.3 is 10.1 Å². The van der Waals surface area contributed by atoms with E-state index in [-0.39, 0.29) is 23.3 Å². The van der Waals surface area contributed by atoms with Crippen LogP contribution in [0.4, 0.5) is 0 Å². The summed E-state index contributed by atoms with van der Waals surface area (Å²) in [6, 6.07) is 16.3. The fourth-order valence-electron chi connectivity index (χ4n) is 3.39. The monoisotopic (exact) mass is 402 g/mol. The van der Waals surface area contributed by atoms with Crippen molar-refractivity contribution in [1.82, 2.24) is 9.62 Å². The standard InChI is InChI=1S/C21H26N2O4S/c1-27-19-9-11-20(12-10-19)28(25,26)23-15-5-8-18(16-23)21(24)22-14-13-17-6-3-2-4-7-17/h2-4,6-7,9-12,18H,5,8,13-16H2,1H3,(H,22,24)/t18-/m1/s1. The van der Waals surface area contributed by atoms with Crippen molar-refractivity contribution in [3.05, 3.63) is 60.2 Å². The molecule has 0 aliphatic carbocycles. The SMILES string of the molecule is COc1ccc(S(=O)(=O)N2CCC[C@@H](C(=O)NCCc3ccccc3)C2)cc1. The predicted molar refractivity (Wildman–Crippen MR) is 108 cm³/mol. The maximum Gasteiger partial charge on any atom is 0.243 e. The molecule has 1 N–H and O–H groups in total. The molecule has 7 heteroatoms. The van der Waals surface area contributed by atoms with Crippen LogP contribution in [0.25, 0.3) is 0 Å². The second-order valence-corrected chi connectivity index (χ2v) is 8.84. The van der Waals surface area contributed by atoms with E-state index >= 15 is 0 Å². The zero-order chi connectivity index (χ0) is 20.0. The molecule has 1 atom stereocenters. The molecule has 1 heterocycles. The highest BCUT2D eigenvalue weighted by Crippen LogP contribution is 2.25. The Kier molecular flexibility index (Phi) is 6.70. The molecule has 0 saturated carbocycles. The fourth-order valence-corrected chi connectivity index (χ4v) is 4.91. The smallest absolute Gasteiger partial charge is 0.243 e. The van der Waals surface area contributed by atoms with Gasteiger partial charge in [0.1, 0.15) is 5.75 Å². The van der Waals surface area contributed by atoms with Crippen LogP contribution < -0.4 is 10.1 Å². The molecule has 6 nitrogen and oxygen atoms in total. The molecule has 1 aliphatic heterocycles. The molecule has 0 radical (unpaired) electrons. The molecule has 2 aromatic rings. The number of amides is 1. The van der Waals surface area contributed by atoms with Crippen LogP contribution in [0.15, 0.2) is 59.5 Å². The Balaban J connectivity index is 1.58. The maximum absolute atomic E-state index is 12.9. The number of hydrogen-bond donors (Lipinski definition) is 1. The lowest BCUT2D eigenvalue weighted by Crippen LogP contribution is -2.45. The Morgan fingerprint density at radius 1 is 1.14 bits per heavy atom. The molecule has 2 aromatic carbocycles. The van der Waals surface area contributed by atoms with Gasteiger partial charge in [0.05, 0.1) is 17.9 Å². The number of sulfonamides is 1. The molecule has 28 heavy (non-hydrogen) atoms. The number of piperidine rings is 1. The minimum atomic E-state index is -3.62. The number of hydrogen-bond acceptors (Lipinski definition) is 4. The second-order valence-electron chi connectivity index (χ2n) is 6.90. The highest BCUT2D eigenvalue weighted by molar-refractivity contribution is 7.89. The van der Waals surface area contributed by atoms with Crippen LogP contribution in [0.5, 0.6) is 5.75 Å². The second kappa shape index (κ2) is 9.21. The van der Waals surface area contributed by atoms with Crippen LogP contribution in [0, 0.1) is 5.92 Å². The van der Waals surface area contributed by atoms with Gasteiger partial charge in [-0.1, -0.05) is 30.3 Å². The van der Waals surface area contributed by atoms with E-state index in [0.29, 0.717) is 31.7 Å². The summed E-state index contributed by atoms with van der Waals surface area (Å²) >= 11 is 0. The Morgan fingerprint density at radius 2 is 1.86 bits per heavy atom. The van der Waals surface area contributed by atoms with Crippen molar-refractivity contribution < 1.29 is 17.9 Å². The normalized spacial score (nSPS) is 17.8. The molecule has 0 bridgehead atoms. The van der Waals surface area contributed by atoms with Gasteiger partial charge in [0.2, 0.25) is 15.9 Å². The van der Waals surface area contributed by atoms with Crippen molar-refractivity contribution in [1.29, 1.82) is 0 Å². The summed E-state index contributed by atoms with van der Waals surface area (Å²) in [5.41, 5.74) is 1.16. The molecular formula is C21H26N2O4S. The quantitative estimate of drug-likeness (QED) is 0.772. The number of benzene rings is 2. The highest BCUT2D eigenvalue weighted by Gasteiger charge is 2.33. The summed E-state index contributed by atoms with van der Waals surface area (Å²) in [5.74, 6) is 0.205. The van der Waals surface area contributed by atoms with Gasteiger partial charge >= 0.3 is 0 Å². The van der Waals surface area contributed by atoms with E-state index in [9.17, 15) is 13.2 Å². The van der Waals surface area contributed by atoms with Gasteiger partial charge in [0.25, 0.3) is 0 Å². The maximum atomic E-state index is 12.9. The minimum Gasteiger partial charge on any atom is -0.497 e. The molecule has 1 fully saturated rings. The van der Waals surface area contributed by atoms with Crippen molar-refractivity contribution in [3.8, 4) is 5.75 Å². The van der Waals surface area contributed by atoms with Crippen LogP contribution in [-0.4, -0.2) is 45.4 Å². The molecule has 0 spiro atoms. The first-order valence-electron chi connectivity index (χ1n) is 9.46.